The zero-order valence-corrected chi connectivity index (χ0v) is 20.7. The highest BCUT2D eigenvalue weighted by Crippen LogP contribution is 2.48. The highest BCUT2D eigenvalue weighted by molar-refractivity contribution is 6.30. The van der Waals surface area contributed by atoms with Crippen molar-refractivity contribution in [1.82, 2.24) is 9.88 Å². The fourth-order valence-electron chi connectivity index (χ4n) is 4.57. The Balaban J connectivity index is 1.66. The molecular formula is C25H25ClF3N3O4. The highest BCUT2D eigenvalue weighted by Gasteiger charge is 2.62. The summed E-state index contributed by atoms with van der Waals surface area (Å²) in [6.07, 6.45) is -1.51. The third-order valence-electron chi connectivity index (χ3n) is 6.28. The van der Waals surface area contributed by atoms with Crippen molar-refractivity contribution in [1.29, 1.82) is 0 Å². The van der Waals surface area contributed by atoms with Crippen LogP contribution in [0.4, 0.5) is 19.0 Å². The van der Waals surface area contributed by atoms with Crippen LogP contribution < -0.4 is 4.90 Å². The molecule has 0 unspecified atom stereocenters. The molecule has 192 valence electrons. The van der Waals surface area contributed by atoms with Crippen LogP contribution in [0.1, 0.15) is 51.2 Å². The maximum Gasteiger partial charge on any atom is 0.309 e. The average Bonchev–Trinajstić information content (AvgIpc) is 2.74. The second-order valence-electron chi connectivity index (χ2n) is 10.0. The standard InChI is InChI=1S/C25H25ClF3N3O4/c1-24(2,3)36-22(34)16-9-25(10-16)23(35)31(21-18(27)8-17(26)11-30-21)13-19(33)32(25)12-14-4-6-15(7-5-14)20(28)29/h4-8,11,16,20H,9-10,12-13H2,1-3H3/t16-,25-. The Labute approximate surface area is 211 Å². The van der Waals surface area contributed by atoms with E-state index in [9.17, 15) is 27.6 Å². The summed E-state index contributed by atoms with van der Waals surface area (Å²) in [7, 11) is 0. The van der Waals surface area contributed by atoms with Crippen molar-refractivity contribution in [2.75, 3.05) is 11.4 Å². The summed E-state index contributed by atoms with van der Waals surface area (Å²) >= 11 is 5.79. The van der Waals surface area contributed by atoms with E-state index in [4.69, 9.17) is 16.3 Å². The van der Waals surface area contributed by atoms with E-state index in [1.54, 1.807) is 20.8 Å². The Morgan fingerprint density at radius 2 is 1.86 bits per heavy atom. The van der Waals surface area contributed by atoms with Crippen LogP contribution in [0.2, 0.25) is 5.02 Å². The number of halogens is 4. The molecule has 0 atom stereocenters. The SMILES string of the molecule is CC(C)(C)OC(=O)[C@H]1C[C@]2(C1)C(=O)N(c1ncc(Cl)cc1F)CC(=O)N2Cc1ccc(C(F)F)cc1. The molecular weight excluding hydrogens is 499 g/mol. The molecule has 2 fully saturated rings. The number of hydrogen-bond donors (Lipinski definition) is 0. The van der Waals surface area contributed by atoms with Crippen molar-refractivity contribution in [2.45, 2.75) is 57.7 Å². The molecule has 1 aromatic heterocycles. The van der Waals surface area contributed by atoms with Gasteiger partial charge in [0.15, 0.2) is 11.6 Å². The van der Waals surface area contributed by atoms with E-state index in [-0.39, 0.29) is 35.8 Å². The van der Waals surface area contributed by atoms with E-state index in [1.165, 1.54) is 35.4 Å². The molecule has 1 spiro atoms. The van der Waals surface area contributed by atoms with Crippen LogP contribution >= 0.6 is 11.6 Å². The average molecular weight is 524 g/mol. The second kappa shape index (κ2) is 9.38. The van der Waals surface area contributed by atoms with Gasteiger partial charge in [0.1, 0.15) is 17.7 Å². The van der Waals surface area contributed by atoms with E-state index in [0.717, 1.165) is 11.0 Å². The molecule has 1 aromatic carbocycles. The predicted molar refractivity (Wildman–Crippen MR) is 125 cm³/mol. The molecule has 1 aliphatic carbocycles. The summed E-state index contributed by atoms with van der Waals surface area (Å²) in [6, 6.07) is 6.43. The number of anilines is 1. The molecule has 7 nitrogen and oxygen atoms in total. The van der Waals surface area contributed by atoms with Crippen LogP contribution in [-0.4, -0.2) is 45.4 Å². The molecule has 2 aromatic rings. The van der Waals surface area contributed by atoms with Gasteiger partial charge in [0.2, 0.25) is 5.91 Å². The van der Waals surface area contributed by atoms with Gasteiger partial charge in [-0.3, -0.25) is 19.3 Å². The van der Waals surface area contributed by atoms with Crippen molar-refractivity contribution >= 4 is 35.2 Å². The normalized spacial score (nSPS) is 22.3. The van der Waals surface area contributed by atoms with Crippen molar-refractivity contribution in [2.24, 2.45) is 5.92 Å². The van der Waals surface area contributed by atoms with Gasteiger partial charge in [0.05, 0.1) is 10.9 Å². The minimum absolute atomic E-state index is 0.0205. The second-order valence-corrected chi connectivity index (χ2v) is 10.5. The molecule has 1 saturated heterocycles. The fourth-order valence-corrected chi connectivity index (χ4v) is 4.71. The number of alkyl halides is 2. The van der Waals surface area contributed by atoms with E-state index < -0.39 is 53.6 Å². The zero-order chi connectivity index (χ0) is 26.4. The Kier molecular flexibility index (Phi) is 6.76. The van der Waals surface area contributed by atoms with Gasteiger partial charge in [0.25, 0.3) is 12.3 Å². The number of amides is 2. The van der Waals surface area contributed by atoms with E-state index in [0.29, 0.717) is 5.56 Å². The smallest absolute Gasteiger partial charge is 0.309 e. The molecule has 4 rings (SSSR count). The number of piperazine rings is 1. The Morgan fingerprint density at radius 3 is 2.42 bits per heavy atom. The van der Waals surface area contributed by atoms with Crippen molar-refractivity contribution in [3.05, 3.63) is 58.5 Å². The topological polar surface area (TPSA) is 79.8 Å². The molecule has 1 aliphatic heterocycles. The number of hydrogen-bond acceptors (Lipinski definition) is 5. The number of esters is 1. The van der Waals surface area contributed by atoms with Crippen LogP contribution in [0, 0.1) is 11.7 Å². The highest BCUT2D eigenvalue weighted by atomic mass is 35.5. The summed E-state index contributed by atoms with van der Waals surface area (Å²) in [4.78, 5) is 45.9. The van der Waals surface area contributed by atoms with Gasteiger partial charge in [0, 0.05) is 18.3 Å². The molecule has 1 saturated carbocycles. The first-order chi connectivity index (χ1) is 16.8. The minimum Gasteiger partial charge on any atom is -0.460 e. The molecule has 2 heterocycles. The number of benzene rings is 1. The van der Waals surface area contributed by atoms with Gasteiger partial charge in [-0.05, 0) is 45.2 Å². The number of nitrogens with zero attached hydrogens (tertiary/aromatic N) is 3. The number of carbonyl (C=O) groups excluding carboxylic acids is 3. The van der Waals surface area contributed by atoms with E-state index in [1.807, 2.05) is 0 Å². The molecule has 0 N–H and O–H groups in total. The lowest BCUT2D eigenvalue weighted by Gasteiger charge is -2.56. The Bertz CT molecular complexity index is 1190. The maximum atomic E-state index is 14.6. The van der Waals surface area contributed by atoms with Crippen molar-refractivity contribution in [3.8, 4) is 0 Å². The molecule has 2 amide bonds. The predicted octanol–water partition coefficient (Wildman–Crippen LogP) is 4.68. The number of pyridine rings is 1. The quantitative estimate of drug-likeness (QED) is 0.532. The number of rotatable bonds is 5. The van der Waals surface area contributed by atoms with Crippen LogP contribution in [0.5, 0.6) is 0 Å². The van der Waals surface area contributed by atoms with Gasteiger partial charge in [-0.2, -0.15) is 0 Å². The summed E-state index contributed by atoms with van der Waals surface area (Å²) in [5, 5.41) is 0.0317. The monoisotopic (exact) mass is 523 g/mol. The number of ether oxygens (including phenoxy) is 1. The first-order valence-corrected chi connectivity index (χ1v) is 11.7. The van der Waals surface area contributed by atoms with E-state index in [2.05, 4.69) is 4.98 Å². The minimum atomic E-state index is -2.64. The van der Waals surface area contributed by atoms with Crippen LogP contribution in [0.25, 0.3) is 0 Å². The lowest BCUT2D eigenvalue weighted by atomic mass is 9.65. The lowest BCUT2D eigenvalue weighted by molar-refractivity contribution is -0.178. The van der Waals surface area contributed by atoms with Crippen molar-refractivity contribution in [3.63, 3.8) is 0 Å². The first kappa shape index (κ1) is 25.9. The lowest BCUT2D eigenvalue weighted by Crippen LogP contribution is -2.73. The summed E-state index contributed by atoms with van der Waals surface area (Å²) in [5.41, 5.74) is -1.81. The maximum absolute atomic E-state index is 14.6. The van der Waals surface area contributed by atoms with Crippen LogP contribution in [0.15, 0.2) is 36.5 Å². The van der Waals surface area contributed by atoms with E-state index >= 15 is 0 Å². The largest absolute Gasteiger partial charge is 0.460 e. The Morgan fingerprint density at radius 1 is 1.22 bits per heavy atom. The molecule has 36 heavy (non-hydrogen) atoms. The Hall–Kier alpha value is -3.14. The van der Waals surface area contributed by atoms with Gasteiger partial charge < -0.3 is 9.64 Å². The van der Waals surface area contributed by atoms with Gasteiger partial charge in [-0.25, -0.2) is 18.2 Å². The molecule has 11 heteroatoms. The molecule has 0 bridgehead atoms. The fraction of sp³-hybridized carbons (Fsp3) is 0.440. The third-order valence-corrected chi connectivity index (χ3v) is 6.49. The molecule has 2 aliphatic rings. The van der Waals surface area contributed by atoms with Gasteiger partial charge >= 0.3 is 5.97 Å². The van der Waals surface area contributed by atoms with Gasteiger partial charge in [-0.15, -0.1) is 0 Å². The summed E-state index contributed by atoms with van der Waals surface area (Å²) < 4.78 is 46.0. The first-order valence-electron chi connectivity index (χ1n) is 11.3. The van der Waals surface area contributed by atoms with Crippen LogP contribution in [0.3, 0.4) is 0 Å². The number of carbonyl (C=O) groups is 3. The number of aromatic nitrogens is 1. The third kappa shape index (κ3) is 4.91. The summed E-state index contributed by atoms with van der Waals surface area (Å²) in [5.74, 6) is -3.42. The molecule has 0 radical (unpaired) electrons. The van der Waals surface area contributed by atoms with Gasteiger partial charge in [-0.1, -0.05) is 35.9 Å². The van der Waals surface area contributed by atoms with Crippen molar-refractivity contribution < 1.29 is 32.3 Å². The zero-order valence-electron chi connectivity index (χ0n) is 19.9. The summed E-state index contributed by atoms with van der Waals surface area (Å²) in [6.45, 7) is 4.65. The van der Waals surface area contributed by atoms with Crippen LogP contribution in [-0.2, 0) is 25.7 Å².